The molecule has 3 aromatic rings. The number of methoxy groups -OCH3 is 1. The highest BCUT2D eigenvalue weighted by molar-refractivity contribution is 6.29. The number of halogens is 2. The summed E-state index contributed by atoms with van der Waals surface area (Å²) in [5, 5.41) is 0.140. The zero-order chi connectivity index (χ0) is 15.0. The van der Waals surface area contributed by atoms with Crippen LogP contribution in [0.3, 0.4) is 0 Å². The van der Waals surface area contributed by atoms with Crippen molar-refractivity contribution in [1.82, 2.24) is 9.97 Å². The molecule has 0 aliphatic carbocycles. The Balaban J connectivity index is 2.20. The first-order valence-corrected chi connectivity index (χ1v) is 6.26. The minimum atomic E-state index is -0.595. The number of ether oxygens (including phenoxy) is 1. The van der Waals surface area contributed by atoms with Crippen LogP contribution in [0.25, 0.3) is 22.6 Å². The first kappa shape index (κ1) is 13.5. The van der Waals surface area contributed by atoms with Gasteiger partial charge in [0.2, 0.25) is 5.89 Å². The van der Waals surface area contributed by atoms with E-state index in [4.69, 9.17) is 20.8 Å². The number of aromatic nitrogens is 2. The summed E-state index contributed by atoms with van der Waals surface area (Å²) < 4.78 is 23.3. The summed E-state index contributed by atoms with van der Waals surface area (Å²) in [7, 11) is 1.25. The van der Waals surface area contributed by atoms with Crippen molar-refractivity contribution in [3.05, 3.63) is 47.0 Å². The molecule has 0 aliphatic rings. The van der Waals surface area contributed by atoms with Gasteiger partial charge >= 0.3 is 5.97 Å². The van der Waals surface area contributed by atoms with Crippen molar-refractivity contribution in [3.63, 3.8) is 0 Å². The molecule has 2 aromatic heterocycles. The average molecular weight is 307 g/mol. The maximum Gasteiger partial charge on any atom is 0.338 e. The topological polar surface area (TPSA) is 65.2 Å². The van der Waals surface area contributed by atoms with Gasteiger partial charge < -0.3 is 9.15 Å². The first-order chi connectivity index (χ1) is 10.1. The number of carbonyl (C=O) groups excluding carboxylic acids is 1. The van der Waals surface area contributed by atoms with Gasteiger partial charge in [0.1, 0.15) is 16.5 Å². The zero-order valence-electron chi connectivity index (χ0n) is 10.8. The van der Waals surface area contributed by atoms with Gasteiger partial charge in [0.05, 0.1) is 18.2 Å². The molecule has 1 aromatic carbocycles. The summed E-state index contributed by atoms with van der Waals surface area (Å²) in [5.41, 5.74) is 1.24. The third kappa shape index (κ3) is 2.45. The summed E-state index contributed by atoms with van der Waals surface area (Å²) in [6, 6.07) is 5.33. The Hall–Kier alpha value is -2.47. The van der Waals surface area contributed by atoms with E-state index in [0.717, 1.165) is 0 Å². The second-order valence-corrected chi connectivity index (χ2v) is 4.56. The van der Waals surface area contributed by atoms with E-state index in [1.807, 2.05) is 0 Å². The van der Waals surface area contributed by atoms with Crippen LogP contribution in [-0.4, -0.2) is 23.0 Å². The second-order valence-electron chi connectivity index (χ2n) is 4.18. The van der Waals surface area contributed by atoms with Gasteiger partial charge in [0, 0.05) is 12.3 Å². The van der Waals surface area contributed by atoms with Crippen molar-refractivity contribution >= 4 is 28.7 Å². The zero-order valence-corrected chi connectivity index (χ0v) is 11.5. The lowest BCUT2D eigenvalue weighted by Gasteiger charge is -2.04. The van der Waals surface area contributed by atoms with E-state index in [-0.39, 0.29) is 22.2 Å². The highest BCUT2D eigenvalue weighted by atomic mass is 35.5. The van der Waals surface area contributed by atoms with Crippen molar-refractivity contribution in [2.45, 2.75) is 0 Å². The van der Waals surface area contributed by atoms with Crippen LogP contribution in [-0.2, 0) is 4.74 Å². The lowest BCUT2D eigenvalue weighted by Crippen LogP contribution is -2.04. The van der Waals surface area contributed by atoms with Gasteiger partial charge in [-0.15, -0.1) is 0 Å². The quantitative estimate of drug-likeness (QED) is 0.536. The van der Waals surface area contributed by atoms with E-state index in [2.05, 4.69) is 9.97 Å². The fourth-order valence-electron chi connectivity index (χ4n) is 1.89. The molecular formula is C14H8ClFN2O3. The fourth-order valence-corrected chi connectivity index (χ4v) is 2.05. The van der Waals surface area contributed by atoms with Crippen LogP contribution < -0.4 is 0 Å². The molecule has 0 aliphatic heterocycles. The number of carbonyl (C=O) groups is 1. The van der Waals surface area contributed by atoms with Crippen molar-refractivity contribution in [1.29, 1.82) is 0 Å². The van der Waals surface area contributed by atoms with E-state index in [0.29, 0.717) is 11.1 Å². The van der Waals surface area contributed by atoms with Gasteiger partial charge in [-0.05, 0) is 18.2 Å². The Morgan fingerprint density at radius 3 is 2.95 bits per heavy atom. The number of fused-ring (bicyclic) bond motifs is 1. The number of rotatable bonds is 2. The molecule has 5 nitrogen and oxygen atoms in total. The van der Waals surface area contributed by atoms with E-state index in [1.54, 1.807) is 0 Å². The largest absolute Gasteiger partial charge is 0.465 e. The van der Waals surface area contributed by atoms with E-state index in [9.17, 15) is 9.18 Å². The molecule has 0 spiro atoms. The molecule has 106 valence electrons. The third-order valence-corrected chi connectivity index (χ3v) is 3.06. The molecule has 0 atom stereocenters. The average Bonchev–Trinajstić information content (AvgIpc) is 2.89. The molecular weight excluding hydrogens is 299 g/mol. The van der Waals surface area contributed by atoms with Gasteiger partial charge in [-0.2, -0.15) is 0 Å². The molecule has 0 bridgehead atoms. The standard InChI is InChI=1S/C14H8ClFN2O3/c1-20-14(19)8-5-12(15)17-6-9(8)13-18-10-3-2-7(16)4-11(10)21-13/h2-6H,1H3. The first-order valence-electron chi connectivity index (χ1n) is 5.89. The van der Waals surface area contributed by atoms with Gasteiger partial charge in [0.25, 0.3) is 0 Å². The predicted molar refractivity (Wildman–Crippen MR) is 73.5 cm³/mol. The van der Waals surface area contributed by atoms with Crippen LogP contribution in [0.1, 0.15) is 10.4 Å². The summed E-state index contributed by atoms with van der Waals surface area (Å²) >= 11 is 5.79. The van der Waals surface area contributed by atoms with Crippen molar-refractivity contribution in [2.24, 2.45) is 0 Å². The summed E-state index contributed by atoms with van der Waals surface area (Å²) in [4.78, 5) is 19.9. The van der Waals surface area contributed by atoms with Crippen molar-refractivity contribution in [3.8, 4) is 11.5 Å². The highest BCUT2D eigenvalue weighted by Crippen LogP contribution is 2.28. The lowest BCUT2D eigenvalue weighted by atomic mass is 10.1. The number of pyridine rings is 1. The maximum absolute atomic E-state index is 13.2. The SMILES string of the molecule is COC(=O)c1cc(Cl)ncc1-c1nc2ccc(F)cc2o1. The molecule has 0 N–H and O–H groups in total. The Bertz CT molecular complexity index is 847. The molecule has 7 heteroatoms. The molecule has 3 rings (SSSR count). The molecule has 0 unspecified atom stereocenters. The second kappa shape index (κ2) is 5.14. The molecule has 0 fully saturated rings. The maximum atomic E-state index is 13.2. The number of hydrogen-bond acceptors (Lipinski definition) is 5. The minimum Gasteiger partial charge on any atom is -0.465 e. The van der Waals surface area contributed by atoms with Crippen molar-refractivity contribution in [2.75, 3.05) is 7.11 Å². The number of nitrogens with zero attached hydrogens (tertiary/aromatic N) is 2. The van der Waals surface area contributed by atoms with Crippen LogP contribution in [0.5, 0.6) is 0 Å². The molecule has 21 heavy (non-hydrogen) atoms. The molecule has 0 radical (unpaired) electrons. The van der Waals surface area contributed by atoms with Crippen LogP contribution >= 0.6 is 11.6 Å². The van der Waals surface area contributed by atoms with Gasteiger partial charge in [-0.3, -0.25) is 0 Å². The molecule has 0 saturated carbocycles. The number of oxazole rings is 1. The lowest BCUT2D eigenvalue weighted by molar-refractivity contribution is 0.0601. The Labute approximate surface area is 123 Å². The number of esters is 1. The Morgan fingerprint density at radius 2 is 2.19 bits per heavy atom. The van der Waals surface area contributed by atoms with Crippen molar-refractivity contribution < 1.29 is 18.3 Å². The summed E-state index contributed by atoms with van der Waals surface area (Å²) in [6.45, 7) is 0. The normalized spacial score (nSPS) is 10.8. The van der Waals surface area contributed by atoms with Gasteiger partial charge in [-0.25, -0.2) is 19.2 Å². The number of benzene rings is 1. The van der Waals surface area contributed by atoms with E-state index >= 15 is 0 Å². The summed E-state index contributed by atoms with van der Waals surface area (Å²) in [5.74, 6) is -0.893. The Morgan fingerprint density at radius 1 is 1.38 bits per heavy atom. The molecule has 2 heterocycles. The van der Waals surface area contributed by atoms with E-state index in [1.165, 1.54) is 37.6 Å². The monoisotopic (exact) mass is 306 g/mol. The van der Waals surface area contributed by atoms with Crippen LogP contribution in [0.4, 0.5) is 4.39 Å². The minimum absolute atomic E-state index is 0.139. The van der Waals surface area contributed by atoms with E-state index < -0.39 is 11.8 Å². The highest BCUT2D eigenvalue weighted by Gasteiger charge is 2.19. The molecule has 0 saturated heterocycles. The van der Waals surface area contributed by atoms with Crippen LogP contribution in [0, 0.1) is 5.82 Å². The Kier molecular flexibility index (Phi) is 3.31. The van der Waals surface area contributed by atoms with Gasteiger partial charge in [0.15, 0.2) is 5.58 Å². The van der Waals surface area contributed by atoms with Gasteiger partial charge in [-0.1, -0.05) is 11.6 Å². The van der Waals surface area contributed by atoms with Crippen LogP contribution in [0.2, 0.25) is 5.15 Å². The molecule has 0 amide bonds. The fraction of sp³-hybridized carbons (Fsp3) is 0.0714. The third-order valence-electron chi connectivity index (χ3n) is 2.86. The predicted octanol–water partition coefficient (Wildman–Crippen LogP) is 3.47. The number of hydrogen-bond donors (Lipinski definition) is 0. The van der Waals surface area contributed by atoms with Crippen LogP contribution in [0.15, 0.2) is 34.9 Å². The summed E-state index contributed by atoms with van der Waals surface area (Å²) in [6.07, 6.45) is 1.36. The smallest absolute Gasteiger partial charge is 0.338 e.